The van der Waals surface area contributed by atoms with Gasteiger partial charge < -0.3 is 9.30 Å². The fraction of sp³-hybridized carbons (Fsp3) is 0.429. The van der Waals surface area contributed by atoms with E-state index in [0.717, 1.165) is 17.7 Å². The van der Waals surface area contributed by atoms with Crippen molar-refractivity contribution in [3.63, 3.8) is 0 Å². The molecule has 0 radical (unpaired) electrons. The van der Waals surface area contributed by atoms with Gasteiger partial charge in [-0.1, -0.05) is 19.1 Å². The molecular formula is C21H25NO5S. The number of sulfone groups is 1. The molecule has 0 aliphatic carbocycles. The maximum Gasteiger partial charge on any atom is 0.338 e. The standard InChI is InChI=1S/C21H25NO5S/c1-4-16-5-7-17(8-6-16)21(24)27-12-20(23)19-11-14(2)22(15(19)3)18-9-10-28(25,26)13-18/h5-8,11,18H,4,9-10,12-13H2,1-3H3. The highest BCUT2D eigenvalue weighted by Crippen LogP contribution is 2.29. The Morgan fingerprint density at radius 3 is 2.43 bits per heavy atom. The maximum atomic E-state index is 12.6. The summed E-state index contributed by atoms with van der Waals surface area (Å²) in [6, 6.07) is 8.71. The molecule has 7 heteroatoms. The molecular weight excluding hydrogens is 378 g/mol. The average Bonchev–Trinajstić information content (AvgIpc) is 3.17. The van der Waals surface area contributed by atoms with Crippen molar-refractivity contribution >= 4 is 21.6 Å². The van der Waals surface area contributed by atoms with Gasteiger partial charge >= 0.3 is 5.97 Å². The molecule has 2 heterocycles. The van der Waals surface area contributed by atoms with Crippen molar-refractivity contribution in [2.24, 2.45) is 0 Å². The molecule has 150 valence electrons. The zero-order valence-corrected chi connectivity index (χ0v) is 17.2. The largest absolute Gasteiger partial charge is 0.454 e. The molecule has 1 aromatic heterocycles. The van der Waals surface area contributed by atoms with Gasteiger partial charge in [0.1, 0.15) is 0 Å². The smallest absolute Gasteiger partial charge is 0.338 e. The molecule has 0 saturated carbocycles. The second-order valence-corrected chi connectivity index (χ2v) is 9.49. The van der Waals surface area contributed by atoms with Crippen molar-refractivity contribution < 1.29 is 22.7 Å². The first kappa shape index (κ1) is 20.3. The minimum absolute atomic E-state index is 0.0970. The maximum absolute atomic E-state index is 12.6. The number of carbonyl (C=O) groups is 2. The van der Waals surface area contributed by atoms with Crippen LogP contribution < -0.4 is 0 Å². The number of nitrogens with zero attached hydrogens (tertiary/aromatic N) is 1. The van der Waals surface area contributed by atoms with Gasteiger partial charge in [0, 0.05) is 23.0 Å². The van der Waals surface area contributed by atoms with E-state index >= 15 is 0 Å². The summed E-state index contributed by atoms with van der Waals surface area (Å²) in [6.07, 6.45) is 1.43. The molecule has 1 saturated heterocycles. The van der Waals surface area contributed by atoms with Gasteiger partial charge in [-0.2, -0.15) is 0 Å². The average molecular weight is 404 g/mol. The van der Waals surface area contributed by atoms with E-state index in [4.69, 9.17) is 4.74 Å². The third kappa shape index (κ3) is 4.19. The third-order valence-corrected chi connectivity index (χ3v) is 7.04. The van der Waals surface area contributed by atoms with E-state index in [-0.39, 0.29) is 29.9 Å². The highest BCUT2D eigenvalue weighted by molar-refractivity contribution is 7.91. The Balaban J connectivity index is 1.69. The molecule has 1 aromatic carbocycles. The van der Waals surface area contributed by atoms with Crippen molar-refractivity contribution in [2.75, 3.05) is 18.1 Å². The number of aryl methyl sites for hydroxylation is 2. The summed E-state index contributed by atoms with van der Waals surface area (Å²) in [4.78, 5) is 24.8. The zero-order chi connectivity index (χ0) is 20.5. The van der Waals surface area contributed by atoms with Crippen molar-refractivity contribution in [3.8, 4) is 0 Å². The van der Waals surface area contributed by atoms with Crippen LogP contribution in [0.15, 0.2) is 30.3 Å². The number of hydrogen-bond donors (Lipinski definition) is 0. The minimum Gasteiger partial charge on any atom is -0.454 e. The number of benzene rings is 1. The number of carbonyl (C=O) groups excluding carboxylic acids is 2. The molecule has 0 N–H and O–H groups in total. The Labute approximate surface area is 165 Å². The summed E-state index contributed by atoms with van der Waals surface area (Å²) in [6.45, 7) is 5.34. The third-order valence-electron chi connectivity index (χ3n) is 5.29. The summed E-state index contributed by atoms with van der Waals surface area (Å²) in [5.41, 5.74) is 3.55. The summed E-state index contributed by atoms with van der Waals surface area (Å²) in [7, 11) is -3.02. The molecule has 1 fully saturated rings. The van der Waals surface area contributed by atoms with Gasteiger partial charge in [-0.25, -0.2) is 13.2 Å². The number of hydrogen-bond acceptors (Lipinski definition) is 5. The first-order chi connectivity index (χ1) is 13.2. The van der Waals surface area contributed by atoms with Gasteiger partial charge in [0.15, 0.2) is 16.4 Å². The van der Waals surface area contributed by atoms with E-state index in [1.807, 2.05) is 30.5 Å². The van der Waals surface area contributed by atoms with Crippen molar-refractivity contribution in [3.05, 3.63) is 58.4 Å². The fourth-order valence-electron chi connectivity index (χ4n) is 3.77. The lowest BCUT2D eigenvalue weighted by Gasteiger charge is -2.16. The quantitative estimate of drug-likeness (QED) is 0.547. The monoisotopic (exact) mass is 403 g/mol. The Morgan fingerprint density at radius 1 is 1.18 bits per heavy atom. The number of aromatic nitrogens is 1. The Morgan fingerprint density at radius 2 is 1.86 bits per heavy atom. The molecule has 1 unspecified atom stereocenters. The van der Waals surface area contributed by atoms with Crippen LogP contribution in [-0.4, -0.2) is 42.9 Å². The van der Waals surface area contributed by atoms with Gasteiger partial charge in [0.25, 0.3) is 0 Å². The molecule has 6 nitrogen and oxygen atoms in total. The predicted octanol–water partition coefficient (Wildman–Crippen LogP) is 3.07. The fourth-order valence-corrected chi connectivity index (χ4v) is 5.47. The van der Waals surface area contributed by atoms with Crippen LogP contribution in [0.2, 0.25) is 0 Å². The van der Waals surface area contributed by atoms with Gasteiger partial charge in [0.05, 0.1) is 17.1 Å². The second-order valence-electron chi connectivity index (χ2n) is 7.26. The molecule has 0 amide bonds. The number of ether oxygens (including phenoxy) is 1. The summed E-state index contributed by atoms with van der Waals surface area (Å²) in [5, 5.41) is 0. The Bertz CT molecular complexity index is 1000. The minimum atomic E-state index is -3.02. The molecule has 1 aliphatic rings. The van der Waals surface area contributed by atoms with E-state index in [2.05, 4.69) is 0 Å². The van der Waals surface area contributed by atoms with Crippen LogP contribution >= 0.6 is 0 Å². The SMILES string of the molecule is CCc1ccc(C(=O)OCC(=O)c2cc(C)n(C3CCS(=O)(=O)C3)c2C)cc1. The lowest BCUT2D eigenvalue weighted by molar-refractivity contribution is 0.0474. The highest BCUT2D eigenvalue weighted by Gasteiger charge is 2.31. The van der Waals surface area contributed by atoms with Crippen LogP contribution in [0, 0.1) is 13.8 Å². The van der Waals surface area contributed by atoms with Crippen LogP contribution in [-0.2, 0) is 21.0 Å². The van der Waals surface area contributed by atoms with Gasteiger partial charge in [-0.05, 0) is 50.5 Å². The zero-order valence-electron chi connectivity index (χ0n) is 16.4. The number of ketones is 1. The molecule has 28 heavy (non-hydrogen) atoms. The van der Waals surface area contributed by atoms with Crippen molar-refractivity contribution in [1.82, 2.24) is 4.57 Å². The normalized spacial score (nSPS) is 18.2. The van der Waals surface area contributed by atoms with Crippen molar-refractivity contribution in [1.29, 1.82) is 0 Å². The first-order valence-electron chi connectivity index (χ1n) is 9.40. The van der Waals surface area contributed by atoms with Gasteiger partial charge in [-0.15, -0.1) is 0 Å². The topological polar surface area (TPSA) is 82.4 Å². The molecule has 0 spiro atoms. The molecule has 3 rings (SSSR count). The van der Waals surface area contributed by atoms with Gasteiger partial charge in [-0.3, -0.25) is 4.79 Å². The van der Waals surface area contributed by atoms with E-state index in [9.17, 15) is 18.0 Å². The van der Waals surface area contributed by atoms with Crippen LogP contribution in [0.5, 0.6) is 0 Å². The van der Waals surface area contributed by atoms with Crippen molar-refractivity contribution in [2.45, 2.75) is 39.7 Å². The number of rotatable bonds is 6. The van der Waals surface area contributed by atoms with Gasteiger partial charge in [0.2, 0.25) is 5.78 Å². The summed E-state index contributed by atoms with van der Waals surface area (Å²) >= 11 is 0. The summed E-state index contributed by atoms with van der Waals surface area (Å²) < 4.78 is 30.7. The molecule has 0 bridgehead atoms. The van der Waals surface area contributed by atoms with E-state index in [0.29, 0.717) is 23.2 Å². The second kappa shape index (κ2) is 7.91. The Kier molecular flexibility index (Phi) is 5.74. The van der Waals surface area contributed by atoms with E-state index in [1.165, 1.54) is 0 Å². The highest BCUT2D eigenvalue weighted by atomic mass is 32.2. The summed E-state index contributed by atoms with van der Waals surface area (Å²) in [5.74, 6) is -0.558. The molecule has 1 aliphatic heterocycles. The Hall–Kier alpha value is -2.41. The van der Waals surface area contributed by atoms with Crippen LogP contribution in [0.3, 0.4) is 0 Å². The van der Waals surface area contributed by atoms with Crippen LogP contribution in [0.4, 0.5) is 0 Å². The van der Waals surface area contributed by atoms with Crippen LogP contribution in [0.1, 0.15) is 57.1 Å². The number of Topliss-reactive ketones (excluding diaryl/α,β-unsaturated/α-hetero) is 1. The first-order valence-corrected chi connectivity index (χ1v) is 11.2. The predicted molar refractivity (Wildman–Crippen MR) is 107 cm³/mol. The molecule has 1 atom stereocenters. The molecule has 2 aromatic rings. The van der Waals surface area contributed by atoms with E-state index < -0.39 is 15.8 Å². The van der Waals surface area contributed by atoms with E-state index in [1.54, 1.807) is 25.1 Å². The van der Waals surface area contributed by atoms with Crippen LogP contribution in [0.25, 0.3) is 0 Å². The lowest BCUT2D eigenvalue weighted by atomic mass is 10.1. The number of esters is 1. The lowest BCUT2D eigenvalue weighted by Crippen LogP contribution is -2.17.